The molecule has 7 heteroatoms. The van der Waals surface area contributed by atoms with Crippen LogP contribution < -0.4 is 9.64 Å². The number of phenols is 1. The van der Waals surface area contributed by atoms with Crippen LogP contribution in [-0.4, -0.2) is 26.5 Å². The van der Waals surface area contributed by atoms with Crippen molar-refractivity contribution in [2.24, 2.45) is 4.40 Å². The third-order valence-corrected chi connectivity index (χ3v) is 5.87. The molecule has 0 bridgehead atoms. The Balaban J connectivity index is 1.83. The van der Waals surface area contributed by atoms with E-state index in [1.165, 1.54) is 6.07 Å². The van der Waals surface area contributed by atoms with Crippen molar-refractivity contribution in [3.8, 4) is 11.5 Å². The zero-order valence-corrected chi connectivity index (χ0v) is 15.9. The third kappa shape index (κ3) is 3.20. The molecule has 3 aromatic rings. The van der Waals surface area contributed by atoms with Crippen molar-refractivity contribution in [2.45, 2.75) is 11.4 Å². The number of sulfonamides is 1. The molecular formula is C21H18N2O4S. The van der Waals surface area contributed by atoms with E-state index in [2.05, 4.69) is 4.40 Å². The van der Waals surface area contributed by atoms with Gasteiger partial charge in [0.05, 0.1) is 12.8 Å². The predicted molar refractivity (Wildman–Crippen MR) is 107 cm³/mol. The molecule has 0 saturated carbocycles. The van der Waals surface area contributed by atoms with Crippen molar-refractivity contribution in [3.05, 3.63) is 83.9 Å². The van der Waals surface area contributed by atoms with Crippen molar-refractivity contribution in [2.75, 3.05) is 12.0 Å². The highest BCUT2D eigenvalue weighted by Gasteiger charge is 2.33. The van der Waals surface area contributed by atoms with Gasteiger partial charge < -0.3 is 14.7 Å². The molecule has 6 nitrogen and oxygen atoms in total. The molecule has 1 aliphatic rings. The van der Waals surface area contributed by atoms with Crippen molar-refractivity contribution < 1.29 is 18.3 Å². The lowest BCUT2D eigenvalue weighted by molar-refractivity contribution is 0.414. The number of ether oxygens (including phenoxy) is 1. The zero-order chi connectivity index (χ0) is 19.7. The van der Waals surface area contributed by atoms with Gasteiger partial charge in [-0.3, -0.25) is 0 Å². The van der Waals surface area contributed by atoms with Gasteiger partial charge in [0.15, 0.2) is 5.84 Å². The van der Waals surface area contributed by atoms with Crippen LogP contribution in [0.3, 0.4) is 0 Å². The summed E-state index contributed by atoms with van der Waals surface area (Å²) in [6.45, 7) is 0.324. The highest BCUT2D eigenvalue weighted by molar-refractivity contribution is 7.90. The number of anilines is 1. The first-order valence-corrected chi connectivity index (χ1v) is 10.1. The molecule has 1 heterocycles. The Morgan fingerprint density at radius 3 is 2.36 bits per heavy atom. The summed E-state index contributed by atoms with van der Waals surface area (Å²) in [5, 5.41) is 10.4. The SMILES string of the molecule is COc1ccc(CN(C2=NS(=O)(=O)c3ccccc32)c2ccccc2O)cc1. The second kappa shape index (κ2) is 7.01. The van der Waals surface area contributed by atoms with Crippen LogP contribution in [-0.2, 0) is 16.6 Å². The second-order valence-corrected chi connectivity index (χ2v) is 7.88. The van der Waals surface area contributed by atoms with E-state index in [0.29, 0.717) is 17.8 Å². The van der Waals surface area contributed by atoms with Gasteiger partial charge in [-0.15, -0.1) is 4.40 Å². The van der Waals surface area contributed by atoms with E-state index in [-0.39, 0.29) is 16.5 Å². The number of benzene rings is 3. The highest BCUT2D eigenvalue weighted by atomic mass is 32.2. The third-order valence-electron chi connectivity index (χ3n) is 4.54. The monoisotopic (exact) mass is 394 g/mol. The molecule has 0 atom stereocenters. The molecule has 28 heavy (non-hydrogen) atoms. The summed E-state index contributed by atoms with van der Waals surface area (Å²) in [6.07, 6.45) is 0. The van der Waals surface area contributed by atoms with Crippen LogP contribution in [0.4, 0.5) is 5.69 Å². The Morgan fingerprint density at radius 2 is 1.64 bits per heavy atom. The molecule has 0 aromatic heterocycles. The van der Waals surface area contributed by atoms with Gasteiger partial charge in [0.25, 0.3) is 10.0 Å². The van der Waals surface area contributed by atoms with Gasteiger partial charge in [-0.05, 0) is 42.0 Å². The smallest absolute Gasteiger partial charge is 0.285 e. The minimum Gasteiger partial charge on any atom is -0.506 e. The quantitative estimate of drug-likeness (QED) is 0.732. The minimum absolute atomic E-state index is 0.0421. The lowest BCUT2D eigenvalue weighted by Crippen LogP contribution is -2.30. The van der Waals surface area contributed by atoms with Gasteiger partial charge >= 0.3 is 0 Å². The van der Waals surface area contributed by atoms with E-state index in [1.807, 2.05) is 24.3 Å². The number of methoxy groups -OCH3 is 1. The summed E-state index contributed by atoms with van der Waals surface area (Å²) in [5.41, 5.74) is 1.90. The Hall–Kier alpha value is -3.32. The topological polar surface area (TPSA) is 79.2 Å². The summed E-state index contributed by atoms with van der Waals surface area (Å²) in [4.78, 5) is 1.88. The highest BCUT2D eigenvalue weighted by Crippen LogP contribution is 2.34. The summed E-state index contributed by atoms with van der Waals surface area (Å²) in [6, 6.07) is 20.9. The maximum absolute atomic E-state index is 12.5. The molecule has 0 fully saturated rings. The fourth-order valence-electron chi connectivity index (χ4n) is 3.16. The lowest BCUT2D eigenvalue weighted by Gasteiger charge is -2.25. The maximum atomic E-state index is 12.5. The number of nitrogens with zero attached hydrogens (tertiary/aromatic N) is 2. The Morgan fingerprint density at radius 1 is 0.964 bits per heavy atom. The number of aromatic hydroxyl groups is 1. The van der Waals surface area contributed by atoms with E-state index in [1.54, 1.807) is 54.5 Å². The Kier molecular flexibility index (Phi) is 4.52. The molecule has 0 spiro atoms. The molecule has 4 rings (SSSR count). The predicted octanol–water partition coefficient (Wildman–Crippen LogP) is 3.56. The fraction of sp³-hybridized carbons (Fsp3) is 0.0952. The van der Waals surface area contributed by atoms with Crippen LogP contribution in [0.25, 0.3) is 0 Å². The summed E-state index contributed by atoms with van der Waals surface area (Å²) in [5.74, 6) is 1.05. The van der Waals surface area contributed by atoms with Crippen LogP contribution in [0.15, 0.2) is 82.1 Å². The minimum atomic E-state index is -3.78. The number of fused-ring (bicyclic) bond motifs is 1. The van der Waals surface area contributed by atoms with Gasteiger partial charge in [0.1, 0.15) is 16.4 Å². The summed E-state index contributed by atoms with van der Waals surface area (Å²) in [7, 11) is -2.18. The largest absolute Gasteiger partial charge is 0.506 e. The van der Waals surface area contributed by atoms with Gasteiger partial charge in [-0.25, -0.2) is 0 Å². The van der Waals surface area contributed by atoms with E-state index in [4.69, 9.17) is 4.74 Å². The van der Waals surface area contributed by atoms with Crippen molar-refractivity contribution >= 4 is 21.5 Å². The van der Waals surface area contributed by atoms with Crippen LogP contribution in [0.2, 0.25) is 0 Å². The molecule has 0 saturated heterocycles. The number of para-hydroxylation sites is 2. The first-order valence-electron chi connectivity index (χ1n) is 8.62. The zero-order valence-electron chi connectivity index (χ0n) is 15.1. The summed E-state index contributed by atoms with van der Waals surface area (Å²) < 4.78 is 34.3. The number of rotatable bonds is 4. The first kappa shape index (κ1) is 18.1. The van der Waals surface area contributed by atoms with Crippen LogP contribution in [0.1, 0.15) is 11.1 Å². The number of hydrogen-bond acceptors (Lipinski definition) is 5. The second-order valence-electron chi connectivity index (χ2n) is 6.31. The molecule has 3 aromatic carbocycles. The maximum Gasteiger partial charge on any atom is 0.285 e. The Bertz CT molecular complexity index is 1160. The molecule has 142 valence electrons. The van der Waals surface area contributed by atoms with Gasteiger partial charge in [0.2, 0.25) is 0 Å². The van der Waals surface area contributed by atoms with Gasteiger partial charge in [0, 0.05) is 12.1 Å². The molecule has 0 radical (unpaired) electrons. The van der Waals surface area contributed by atoms with Crippen LogP contribution in [0, 0.1) is 0 Å². The molecule has 1 N–H and O–H groups in total. The van der Waals surface area contributed by atoms with Crippen molar-refractivity contribution in [3.63, 3.8) is 0 Å². The van der Waals surface area contributed by atoms with Gasteiger partial charge in [-0.1, -0.05) is 36.4 Å². The van der Waals surface area contributed by atoms with E-state index < -0.39 is 10.0 Å². The van der Waals surface area contributed by atoms with Crippen molar-refractivity contribution in [1.82, 2.24) is 0 Å². The standard InChI is InChI=1S/C21H18N2O4S/c1-27-16-12-10-15(11-13-16)14-23(18-7-3-4-8-19(18)24)21-17-6-2-5-9-20(17)28(25,26)22-21/h2-13,24H,14H2,1H3. The molecule has 0 amide bonds. The normalized spacial score (nSPS) is 14.2. The average Bonchev–Trinajstić information content (AvgIpc) is 2.98. The average molecular weight is 394 g/mol. The summed E-state index contributed by atoms with van der Waals surface area (Å²) >= 11 is 0. The van der Waals surface area contributed by atoms with E-state index in [9.17, 15) is 13.5 Å². The number of phenolic OH excluding ortho intramolecular Hbond substituents is 1. The lowest BCUT2D eigenvalue weighted by atomic mass is 10.1. The van der Waals surface area contributed by atoms with Crippen molar-refractivity contribution in [1.29, 1.82) is 0 Å². The van der Waals surface area contributed by atoms with E-state index >= 15 is 0 Å². The van der Waals surface area contributed by atoms with Crippen LogP contribution in [0.5, 0.6) is 11.5 Å². The molecular weight excluding hydrogens is 376 g/mol. The Labute approximate surface area is 163 Å². The van der Waals surface area contributed by atoms with Crippen LogP contribution >= 0.6 is 0 Å². The van der Waals surface area contributed by atoms with E-state index in [0.717, 1.165) is 11.3 Å². The van der Waals surface area contributed by atoms with Gasteiger partial charge in [-0.2, -0.15) is 8.42 Å². The number of hydrogen-bond donors (Lipinski definition) is 1. The molecule has 0 aliphatic carbocycles. The number of amidine groups is 1. The fourth-order valence-corrected chi connectivity index (χ4v) is 4.37. The molecule has 1 aliphatic heterocycles. The first-order chi connectivity index (χ1) is 13.5. The molecule has 0 unspecified atom stereocenters.